The SMILES string of the molecule is CCOc1cc(/C=C/[C@@]23NC(=O)CN2c2ccc(C)cc2C3(C)C)ccc1OCc1ccccc1Cl. The highest BCUT2D eigenvalue weighted by molar-refractivity contribution is 6.31. The number of rotatable bonds is 7. The molecule has 186 valence electrons. The third kappa shape index (κ3) is 4.01. The van der Waals surface area contributed by atoms with Crippen molar-refractivity contribution in [3.8, 4) is 11.5 Å². The van der Waals surface area contributed by atoms with Gasteiger partial charge >= 0.3 is 0 Å². The van der Waals surface area contributed by atoms with Gasteiger partial charge in [-0.1, -0.05) is 73.5 Å². The van der Waals surface area contributed by atoms with Crippen LogP contribution in [-0.4, -0.2) is 24.7 Å². The van der Waals surface area contributed by atoms with E-state index >= 15 is 0 Å². The van der Waals surface area contributed by atoms with E-state index in [1.54, 1.807) is 0 Å². The molecule has 2 heterocycles. The van der Waals surface area contributed by atoms with E-state index in [1.807, 2.05) is 49.4 Å². The lowest BCUT2D eigenvalue weighted by atomic mass is 9.75. The average molecular weight is 503 g/mol. The van der Waals surface area contributed by atoms with Crippen LogP contribution in [-0.2, 0) is 16.8 Å². The second kappa shape index (κ2) is 9.21. The summed E-state index contributed by atoms with van der Waals surface area (Å²) in [5.74, 6) is 1.35. The largest absolute Gasteiger partial charge is 0.490 e. The Hall–Kier alpha value is -3.44. The first-order valence-corrected chi connectivity index (χ1v) is 12.6. The number of carbonyl (C=O) groups excluding carboxylic acids is 1. The van der Waals surface area contributed by atoms with Crippen molar-refractivity contribution in [2.75, 3.05) is 18.1 Å². The highest BCUT2D eigenvalue weighted by Crippen LogP contribution is 2.53. The van der Waals surface area contributed by atoms with Gasteiger partial charge in [-0.25, -0.2) is 0 Å². The first-order chi connectivity index (χ1) is 17.2. The minimum atomic E-state index is -0.648. The van der Waals surface area contributed by atoms with Crippen molar-refractivity contribution < 1.29 is 14.3 Å². The first-order valence-electron chi connectivity index (χ1n) is 12.3. The number of nitrogens with one attached hydrogen (secondary N) is 1. The molecule has 1 N–H and O–H groups in total. The predicted molar refractivity (Wildman–Crippen MR) is 145 cm³/mol. The van der Waals surface area contributed by atoms with Crippen LogP contribution in [0.25, 0.3) is 6.08 Å². The third-order valence-electron chi connectivity index (χ3n) is 7.25. The van der Waals surface area contributed by atoms with Gasteiger partial charge in [-0.3, -0.25) is 4.79 Å². The number of amides is 1. The summed E-state index contributed by atoms with van der Waals surface area (Å²) < 4.78 is 12.0. The number of carbonyl (C=O) groups is 1. The molecule has 5 rings (SSSR count). The van der Waals surface area contributed by atoms with Crippen LogP contribution >= 0.6 is 11.6 Å². The van der Waals surface area contributed by atoms with E-state index in [9.17, 15) is 4.79 Å². The van der Waals surface area contributed by atoms with E-state index in [2.05, 4.69) is 61.3 Å². The Balaban J connectivity index is 1.45. The Morgan fingerprint density at radius 2 is 1.86 bits per heavy atom. The zero-order valence-corrected chi connectivity index (χ0v) is 21.9. The van der Waals surface area contributed by atoms with Crippen molar-refractivity contribution >= 4 is 29.3 Å². The molecule has 2 aliphatic rings. The van der Waals surface area contributed by atoms with Gasteiger partial charge < -0.3 is 19.7 Å². The standard InChI is InChI=1S/C30H31ClN2O3/c1-5-35-27-17-21(11-13-26(27)36-19-22-8-6-7-9-24(22)31)14-15-30-29(3,4)23-16-20(2)10-12-25(23)33(30)18-28(34)32-30/h6-17H,5,18-19H2,1-4H3,(H,32,34)/b15-14+/t30-/m1/s1. The van der Waals surface area contributed by atoms with Gasteiger partial charge in [0.15, 0.2) is 11.5 Å². The van der Waals surface area contributed by atoms with Gasteiger partial charge in [0.05, 0.1) is 13.2 Å². The molecule has 0 bridgehead atoms. The third-order valence-corrected chi connectivity index (χ3v) is 7.62. The molecule has 1 amide bonds. The second-order valence-corrected chi connectivity index (χ2v) is 10.3. The lowest BCUT2D eigenvalue weighted by molar-refractivity contribution is -0.118. The molecule has 36 heavy (non-hydrogen) atoms. The number of anilines is 1. The van der Waals surface area contributed by atoms with E-state index in [0.29, 0.717) is 36.3 Å². The van der Waals surface area contributed by atoms with Gasteiger partial charge in [0.1, 0.15) is 12.3 Å². The summed E-state index contributed by atoms with van der Waals surface area (Å²) in [6, 6.07) is 20.0. The Morgan fingerprint density at radius 3 is 2.64 bits per heavy atom. The quantitative estimate of drug-likeness (QED) is 0.414. The molecule has 6 heteroatoms. The fourth-order valence-corrected chi connectivity index (χ4v) is 5.48. The number of nitrogens with zero attached hydrogens (tertiary/aromatic N) is 1. The van der Waals surface area contributed by atoms with Gasteiger partial charge in [-0.05, 0) is 55.3 Å². The summed E-state index contributed by atoms with van der Waals surface area (Å²) in [4.78, 5) is 14.8. The summed E-state index contributed by atoms with van der Waals surface area (Å²) in [6.45, 7) is 9.65. The normalized spacial score (nSPS) is 19.8. The highest BCUT2D eigenvalue weighted by atomic mass is 35.5. The summed E-state index contributed by atoms with van der Waals surface area (Å²) in [5, 5.41) is 3.96. The summed E-state index contributed by atoms with van der Waals surface area (Å²) >= 11 is 6.28. The molecule has 0 aromatic heterocycles. The molecule has 1 saturated heterocycles. The Labute approximate surface area is 217 Å². The van der Waals surface area contributed by atoms with E-state index in [0.717, 1.165) is 16.8 Å². The molecule has 0 unspecified atom stereocenters. The van der Waals surface area contributed by atoms with Crippen LogP contribution < -0.4 is 19.7 Å². The molecule has 0 aliphatic carbocycles. The minimum absolute atomic E-state index is 0.0253. The van der Waals surface area contributed by atoms with Crippen LogP contribution in [0.4, 0.5) is 5.69 Å². The molecule has 1 fully saturated rings. The molecular weight excluding hydrogens is 472 g/mol. The lowest BCUT2D eigenvalue weighted by Gasteiger charge is -2.40. The Morgan fingerprint density at radius 1 is 1.06 bits per heavy atom. The number of hydrogen-bond acceptors (Lipinski definition) is 4. The maximum atomic E-state index is 12.6. The van der Waals surface area contributed by atoms with Crippen LogP contribution in [0.3, 0.4) is 0 Å². The fraction of sp³-hybridized carbons (Fsp3) is 0.300. The number of aryl methyl sites for hydroxylation is 1. The lowest BCUT2D eigenvalue weighted by Crippen LogP contribution is -2.58. The fourth-order valence-electron chi connectivity index (χ4n) is 5.29. The molecule has 1 atom stereocenters. The zero-order chi connectivity index (χ0) is 25.5. The van der Waals surface area contributed by atoms with Crippen LogP contribution in [0.2, 0.25) is 5.02 Å². The molecule has 3 aromatic rings. The molecule has 0 radical (unpaired) electrons. The van der Waals surface area contributed by atoms with Gasteiger partial charge in [-0.15, -0.1) is 0 Å². The molecular formula is C30H31ClN2O3. The summed E-state index contributed by atoms with van der Waals surface area (Å²) in [5.41, 5.74) is 4.46. The molecule has 0 saturated carbocycles. The van der Waals surface area contributed by atoms with E-state index in [4.69, 9.17) is 21.1 Å². The van der Waals surface area contributed by atoms with E-state index < -0.39 is 5.66 Å². The zero-order valence-electron chi connectivity index (χ0n) is 21.1. The van der Waals surface area contributed by atoms with Crippen molar-refractivity contribution in [1.82, 2.24) is 5.32 Å². The summed E-state index contributed by atoms with van der Waals surface area (Å²) in [6.07, 6.45) is 4.17. The number of halogens is 1. The predicted octanol–water partition coefficient (Wildman–Crippen LogP) is 6.26. The average Bonchev–Trinajstić information content (AvgIpc) is 3.27. The smallest absolute Gasteiger partial charge is 0.241 e. The topological polar surface area (TPSA) is 50.8 Å². The molecule has 5 nitrogen and oxygen atoms in total. The number of fused-ring (bicyclic) bond motifs is 3. The van der Waals surface area contributed by atoms with Crippen molar-refractivity contribution in [2.24, 2.45) is 0 Å². The molecule has 0 spiro atoms. The van der Waals surface area contributed by atoms with Crippen LogP contribution in [0.15, 0.2) is 66.7 Å². The summed E-state index contributed by atoms with van der Waals surface area (Å²) in [7, 11) is 0. The van der Waals surface area contributed by atoms with Gasteiger partial charge in [0, 0.05) is 21.7 Å². The van der Waals surface area contributed by atoms with Crippen molar-refractivity contribution in [3.05, 3.63) is 94.0 Å². The number of hydrogen-bond donors (Lipinski definition) is 1. The van der Waals surface area contributed by atoms with Crippen LogP contribution in [0.1, 0.15) is 43.0 Å². The highest BCUT2D eigenvalue weighted by Gasteiger charge is 2.59. The van der Waals surface area contributed by atoms with Gasteiger partial charge in [0.25, 0.3) is 0 Å². The van der Waals surface area contributed by atoms with Crippen molar-refractivity contribution in [2.45, 2.75) is 45.4 Å². The van der Waals surface area contributed by atoms with E-state index in [-0.39, 0.29) is 11.3 Å². The van der Waals surface area contributed by atoms with Gasteiger partial charge in [0.2, 0.25) is 5.91 Å². The Bertz CT molecular complexity index is 1350. The van der Waals surface area contributed by atoms with Gasteiger partial charge in [-0.2, -0.15) is 0 Å². The number of benzene rings is 3. The van der Waals surface area contributed by atoms with Crippen LogP contribution in [0, 0.1) is 6.92 Å². The number of ether oxygens (including phenoxy) is 2. The maximum Gasteiger partial charge on any atom is 0.241 e. The molecule has 2 aliphatic heterocycles. The first kappa shape index (κ1) is 24.3. The van der Waals surface area contributed by atoms with Crippen molar-refractivity contribution in [3.63, 3.8) is 0 Å². The van der Waals surface area contributed by atoms with Crippen molar-refractivity contribution in [1.29, 1.82) is 0 Å². The Kier molecular flexibility index (Phi) is 6.21. The van der Waals surface area contributed by atoms with E-state index in [1.165, 1.54) is 11.1 Å². The monoisotopic (exact) mass is 502 g/mol. The van der Waals surface area contributed by atoms with Crippen LogP contribution in [0.5, 0.6) is 11.5 Å². The maximum absolute atomic E-state index is 12.6. The minimum Gasteiger partial charge on any atom is -0.490 e. The molecule has 3 aromatic carbocycles. The second-order valence-electron chi connectivity index (χ2n) is 9.90.